The fourth-order valence-electron chi connectivity index (χ4n) is 7.17. The number of aliphatic hydroxyl groups is 1. The van der Waals surface area contributed by atoms with Crippen LogP contribution in [0.25, 0.3) is 11.6 Å². The lowest BCUT2D eigenvalue weighted by Crippen LogP contribution is -2.46. The minimum atomic E-state index is -5.21. The van der Waals surface area contributed by atoms with Gasteiger partial charge in [0.1, 0.15) is 5.75 Å². The van der Waals surface area contributed by atoms with E-state index < -0.39 is 78.6 Å². The number of allylic oxidation sites excluding steroid dienone is 1. The Bertz CT molecular complexity index is 1850. The highest BCUT2D eigenvalue weighted by molar-refractivity contribution is 6.43. The van der Waals surface area contributed by atoms with Crippen molar-refractivity contribution < 1.29 is 55.8 Å². The average Bonchev–Trinajstić information content (AvgIpc) is 3.31. The van der Waals surface area contributed by atoms with Crippen LogP contribution in [0.2, 0.25) is 11.3 Å². The largest absolute Gasteiger partial charge is 0.508 e. The summed E-state index contributed by atoms with van der Waals surface area (Å²) in [5, 5.41) is 31.3. The Kier molecular flexibility index (Phi) is 9.63. The smallest absolute Gasteiger partial charge is 0.455 e. The molecule has 16 heteroatoms. The van der Waals surface area contributed by atoms with Gasteiger partial charge in [0.25, 0.3) is 0 Å². The van der Waals surface area contributed by atoms with Crippen molar-refractivity contribution in [1.82, 2.24) is 4.98 Å². The fourth-order valence-corrected chi connectivity index (χ4v) is 7.40. The van der Waals surface area contributed by atoms with Gasteiger partial charge >= 0.3 is 19.5 Å². The molecule has 8 nitrogen and oxygen atoms in total. The maximum Gasteiger partial charge on any atom is 0.455 e. The molecule has 3 aliphatic rings. The van der Waals surface area contributed by atoms with Crippen LogP contribution in [0.3, 0.4) is 0 Å². The summed E-state index contributed by atoms with van der Waals surface area (Å²) in [6.45, 7) is -0.569. The van der Waals surface area contributed by atoms with Crippen molar-refractivity contribution >= 4 is 47.9 Å². The van der Waals surface area contributed by atoms with Crippen LogP contribution in [-0.2, 0) is 26.6 Å². The number of carbonyl (C=O) groups is 2. The Balaban J connectivity index is 1.34. The number of anilines is 1. The molecule has 0 bridgehead atoms. The molecule has 0 radical (unpaired) electrons. The van der Waals surface area contributed by atoms with Gasteiger partial charge in [-0.3, -0.25) is 14.6 Å². The van der Waals surface area contributed by atoms with E-state index in [1.165, 1.54) is 12.1 Å². The van der Waals surface area contributed by atoms with Crippen LogP contribution in [0, 0.1) is 17.8 Å². The summed E-state index contributed by atoms with van der Waals surface area (Å²) in [6.07, 6.45) is -7.91. The van der Waals surface area contributed by atoms with Crippen LogP contribution in [-0.4, -0.2) is 51.9 Å². The molecule has 4 atom stereocenters. The summed E-state index contributed by atoms with van der Waals surface area (Å²) in [7, 11) is -1.44. The molecule has 2 amide bonds. The molecule has 2 aromatic carbocycles. The van der Waals surface area contributed by atoms with Crippen LogP contribution in [0.5, 0.6) is 5.75 Å². The van der Waals surface area contributed by atoms with Crippen LogP contribution in [0.1, 0.15) is 41.6 Å². The second kappa shape index (κ2) is 13.5. The molecule has 3 N–H and O–H groups in total. The minimum Gasteiger partial charge on any atom is -0.508 e. The number of amides is 2. The number of aromatic hydroxyl groups is 1. The van der Waals surface area contributed by atoms with E-state index in [0.29, 0.717) is 45.0 Å². The summed E-state index contributed by atoms with van der Waals surface area (Å²) in [5.74, 6) is -5.38. The third-order valence-corrected chi connectivity index (χ3v) is 9.64. The normalized spacial score (nSPS) is 23.0. The van der Waals surface area contributed by atoms with E-state index >= 15 is 0 Å². The molecule has 262 valence electrons. The number of phenolic OH excluding ortho intramolecular Hbond substituents is 1. The maximum absolute atomic E-state index is 13.9. The number of rotatable bonds is 7. The van der Waals surface area contributed by atoms with Gasteiger partial charge in [-0.1, -0.05) is 17.7 Å². The van der Waals surface area contributed by atoms with Crippen molar-refractivity contribution in [1.29, 1.82) is 0 Å². The van der Waals surface area contributed by atoms with Gasteiger partial charge in [-0.15, -0.1) is 0 Å². The molecule has 50 heavy (non-hydrogen) atoms. The lowest BCUT2D eigenvalue weighted by molar-refractivity contribution is -0.143. The monoisotopic (exact) mass is 720 g/mol. The van der Waals surface area contributed by atoms with Gasteiger partial charge in [0.2, 0.25) is 11.8 Å². The number of hydrogen-bond acceptors (Lipinski definition) is 7. The fraction of sp³-hybridized carbons (Fsp3) is 0.324. The zero-order valence-corrected chi connectivity index (χ0v) is 26.6. The summed E-state index contributed by atoms with van der Waals surface area (Å²) >= 11 is 6.36. The highest BCUT2D eigenvalue weighted by Crippen LogP contribution is 2.52. The van der Waals surface area contributed by atoms with Gasteiger partial charge in [0.05, 0.1) is 52.1 Å². The van der Waals surface area contributed by atoms with E-state index in [1.54, 1.807) is 36.5 Å². The molecule has 0 spiro atoms. The van der Waals surface area contributed by atoms with Crippen molar-refractivity contribution in [3.63, 3.8) is 0 Å². The number of imide groups is 1. The lowest BCUT2D eigenvalue weighted by Gasteiger charge is -2.43. The molecular weight excluding hydrogens is 693 g/mol. The number of aliphatic hydroxyl groups excluding tert-OH is 1. The third-order valence-electron chi connectivity index (χ3n) is 9.31. The standard InChI is InChI=1S/C34H28BClF6N2O6/c36-26-14-23(46)6-4-17(26)9-18(27-3-1-2-8-43-27)5-7-28-29-19(16-45)10-24-30(25(29)15-35(49)50-28)32(48)44(31(24)47)22-12-20(33(37,38)39)11-21(13-22)34(40,41)42/h1-4,6,8-9,11-14,24-25,28,30,45-46,49H,5,7,10,15-16H2/b18-9-/t24-,25+,28-,30-/m1/s1. The molecule has 3 heterocycles. The first kappa shape index (κ1) is 35.6. The topological polar surface area (TPSA) is 120 Å². The molecule has 1 aliphatic carbocycles. The number of benzene rings is 2. The van der Waals surface area contributed by atoms with Gasteiger partial charge < -0.3 is 19.9 Å². The first-order valence-corrected chi connectivity index (χ1v) is 15.9. The van der Waals surface area contributed by atoms with E-state index in [0.717, 1.165) is 0 Å². The highest BCUT2D eigenvalue weighted by atomic mass is 35.5. The molecular formula is C34H28BClF6N2O6. The Morgan fingerprint density at radius 1 is 1.00 bits per heavy atom. The molecule has 0 saturated carbocycles. The summed E-state index contributed by atoms with van der Waals surface area (Å²) in [4.78, 5) is 32.4. The zero-order valence-electron chi connectivity index (χ0n) is 25.9. The number of carbonyl (C=O) groups excluding carboxylic acids is 2. The van der Waals surface area contributed by atoms with E-state index in [1.807, 2.05) is 0 Å². The molecule has 1 aromatic heterocycles. The minimum absolute atomic E-state index is 0.0337. The number of phenols is 1. The average molecular weight is 721 g/mol. The van der Waals surface area contributed by atoms with Gasteiger partial charge in [0, 0.05) is 6.20 Å². The van der Waals surface area contributed by atoms with Crippen molar-refractivity contribution in [3.05, 3.63) is 99.3 Å². The Morgan fingerprint density at radius 2 is 1.70 bits per heavy atom. The molecule has 3 aromatic rings. The van der Waals surface area contributed by atoms with Gasteiger partial charge in [0.15, 0.2) is 0 Å². The molecule has 0 unspecified atom stereocenters. The SMILES string of the molecule is O=C1[C@@H]2[C@@H](CC(CO)=C3[C@@H](CC/C(=C/c4ccc(O)cc4Cl)c4ccccn4)OB(O)C[C@@H]32)C(=O)N1c1cc(C(F)(F)F)cc(C(F)(F)F)c1. The van der Waals surface area contributed by atoms with Crippen molar-refractivity contribution in [2.24, 2.45) is 17.8 Å². The number of alkyl halides is 6. The molecule has 2 aliphatic heterocycles. The highest BCUT2D eigenvalue weighted by Gasteiger charge is 2.58. The van der Waals surface area contributed by atoms with Gasteiger partial charge in [-0.2, -0.15) is 26.3 Å². The van der Waals surface area contributed by atoms with Crippen molar-refractivity contribution in [2.75, 3.05) is 11.5 Å². The number of nitrogens with zero attached hydrogens (tertiary/aromatic N) is 2. The first-order valence-electron chi connectivity index (χ1n) is 15.5. The molecule has 2 saturated heterocycles. The predicted molar refractivity (Wildman–Crippen MR) is 170 cm³/mol. The zero-order chi connectivity index (χ0) is 36.1. The van der Waals surface area contributed by atoms with Gasteiger partial charge in [-0.25, -0.2) is 4.90 Å². The van der Waals surface area contributed by atoms with E-state index in [9.17, 15) is 51.2 Å². The van der Waals surface area contributed by atoms with E-state index in [2.05, 4.69) is 4.98 Å². The van der Waals surface area contributed by atoms with E-state index in [4.69, 9.17) is 16.3 Å². The first-order chi connectivity index (χ1) is 23.6. The second-order valence-electron chi connectivity index (χ2n) is 12.4. The summed E-state index contributed by atoms with van der Waals surface area (Å²) in [6, 6.07) is 10.3. The number of pyridine rings is 1. The second-order valence-corrected chi connectivity index (χ2v) is 12.8. The van der Waals surface area contributed by atoms with Crippen LogP contribution in [0.15, 0.2) is 71.9 Å². The lowest BCUT2D eigenvalue weighted by atomic mass is 9.58. The number of fused-ring (bicyclic) bond motifs is 3. The summed E-state index contributed by atoms with van der Waals surface area (Å²) < 4.78 is 87.9. The van der Waals surface area contributed by atoms with Gasteiger partial charge in [-0.05, 0) is 108 Å². The maximum atomic E-state index is 13.9. The number of halogens is 7. The Labute approximate surface area is 286 Å². The summed E-state index contributed by atoms with van der Waals surface area (Å²) in [5.41, 5.74) is -1.62. The quantitative estimate of drug-likeness (QED) is 0.106. The number of aromatic nitrogens is 1. The Morgan fingerprint density at radius 3 is 2.30 bits per heavy atom. The number of hydrogen-bond donors (Lipinski definition) is 3. The van der Waals surface area contributed by atoms with Crippen molar-refractivity contribution in [2.45, 2.75) is 44.0 Å². The van der Waals surface area contributed by atoms with Crippen LogP contribution >= 0.6 is 11.6 Å². The Hall–Kier alpha value is -4.18. The van der Waals surface area contributed by atoms with Crippen LogP contribution in [0.4, 0.5) is 32.0 Å². The predicted octanol–water partition coefficient (Wildman–Crippen LogP) is 6.79. The van der Waals surface area contributed by atoms with E-state index in [-0.39, 0.29) is 42.4 Å². The van der Waals surface area contributed by atoms with Crippen molar-refractivity contribution in [3.8, 4) is 5.75 Å². The molecule has 6 rings (SSSR count). The third kappa shape index (κ3) is 6.91. The molecule has 2 fully saturated rings. The van der Waals surface area contributed by atoms with Crippen LogP contribution < -0.4 is 4.90 Å².